The Labute approximate surface area is 152 Å². The molecule has 4 heteroatoms. The van der Waals surface area contributed by atoms with Gasteiger partial charge in [0.2, 0.25) is 0 Å². The fourth-order valence-electron chi connectivity index (χ4n) is 4.40. The van der Waals surface area contributed by atoms with Crippen molar-refractivity contribution < 1.29 is 4.79 Å². The van der Waals surface area contributed by atoms with Gasteiger partial charge in [0.05, 0.1) is 0 Å². The summed E-state index contributed by atoms with van der Waals surface area (Å²) in [5.74, 6) is 0. The summed E-state index contributed by atoms with van der Waals surface area (Å²) in [5, 5.41) is 3.17. The molecule has 0 bridgehead atoms. The average Bonchev–Trinajstić information content (AvgIpc) is 3.15. The van der Waals surface area contributed by atoms with E-state index in [0.717, 1.165) is 32.2 Å². The second kappa shape index (κ2) is 7.77. The number of rotatable bonds is 4. The first-order valence-corrected chi connectivity index (χ1v) is 9.80. The van der Waals surface area contributed by atoms with Crippen molar-refractivity contribution >= 4 is 6.03 Å². The number of nitrogens with zero attached hydrogens (tertiary/aromatic N) is 2. The molecule has 1 aromatic carbocycles. The van der Waals surface area contributed by atoms with Crippen LogP contribution in [-0.4, -0.2) is 54.6 Å². The largest absolute Gasteiger partial charge is 0.337 e. The van der Waals surface area contributed by atoms with Crippen LogP contribution in [-0.2, 0) is 5.41 Å². The molecule has 0 spiro atoms. The fraction of sp³-hybridized carbons (Fsp3) is 0.667. The molecule has 2 aliphatic rings. The summed E-state index contributed by atoms with van der Waals surface area (Å²) in [6.07, 6.45) is 5.44. The number of piperazine rings is 1. The van der Waals surface area contributed by atoms with Crippen LogP contribution in [0.25, 0.3) is 0 Å². The van der Waals surface area contributed by atoms with Gasteiger partial charge >= 0.3 is 6.03 Å². The number of carbonyl (C=O) groups excluding carboxylic acids is 1. The molecule has 1 heterocycles. The minimum absolute atomic E-state index is 0.0628. The van der Waals surface area contributed by atoms with E-state index in [1.54, 1.807) is 0 Å². The Bertz CT molecular complexity index is 585. The lowest BCUT2D eigenvalue weighted by Gasteiger charge is -2.38. The average molecular weight is 344 g/mol. The lowest BCUT2D eigenvalue weighted by molar-refractivity contribution is 0.109. The maximum absolute atomic E-state index is 12.6. The molecular formula is C21H33N3O. The SMILES string of the molecule is Cc1ccccc1C(C)(C)CNC(=O)N1CCN(C2CCCC2)CC1. The molecule has 0 unspecified atom stereocenters. The first-order valence-electron chi connectivity index (χ1n) is 9.80. The van der Waals surface area contributed by atoms with Gasteiger partial charge in [-0.2, -0.15) is 0 Å². The smallest absolute Gasteiger partial charge is 0.317 e. The molecule has 1 aromatic rings. The normalized spacial score (nSPS) is 20.0. The second-order valence-corrected chi connectivity index (χ2v) is 8.32. The number of amides is 2. The molecule has 138 valence electrons. The van der Waals surface area contributed by atoms with Crippen molar-refractivity contribution in [2.75, 3.05) is 32.7 Å². The Hall–Kier alpha value is -1.55. The molecule has 0 atom stereocenters. The highest BCUT2D eigenvalue weighted by Crippen LogP contribution is 2.26. The van der Waals surface area contributed by atoms with Crippen LogP contribution >= 0.6 is 0 Å². The highest BCUT2D eigenvalue weighted by Gasteiger charge is 2.29. The van der Waals surface area contributed by atoms with Crippen molar-refractivity contribution in [2.24, 2.45) is 0 Å². The van der Waals surface area contributed by atoms with Crippen LogP contribution in [0.2, 0.25) is 0 Å². The molecule has 1 aliphatic heterocycles. The Balaban J connectivity index is 1.49. The molecule has 0 radical (unpaired) electrons. The zero-order valence-electron chi connectivity index (χ0n) is 16.1. The van der Waals surface area contributed by atoms with Crippen LogP contribution in [0.4, 0.5) is 4.79 Å². The molecule has 4 nitrogen and oxygen atoms in total. The van der Waals surface area contributed by atoms with Crippen LogP contribution in [0.3, 0.4) is 0 Å². The van der Waals surface area contributed by atoms with Gasteiger partial charge in [0, 0.05) is 44.2 Å². The standard InChI is InChI=1S/C21H33N3O/c1-17-8-4-7-11-19(17)21(2,3)16-22-20(25)24-14-12-23(13-15-24)18-9-5-6-10-18/h4,7-8,11,18H,5-6,9-10,12-16H2,1-3H3,(H,22,25). The van der Waals surface area contributed by atoms with E-state index >= 15 is 0 Å². The van der Waals surface area contributed by atoms with E-state index in [4.69, 9.17) is 0 Å². The lowest BCUT2D eigenvalue weighted by atomic mass is 9.82. The third-order valence-electron chi connectivity index (χ3n) is 6.00. The Morgan fingerprint density at radius 2 is 1.76 bits per heavy atom. The second-order valence-electron chi connectivity index (χ2n) is 8.32. The van der Waals surface area contributed by atoms with Crippen molar-refractivity contribution in [2.45, 2.75) is 57.9 Å². The van der Waals surface area contributed by atoms with E-state index in [2.05, 4.69) is 55.3 Å². The summed E-state index contributed by atoms with van der Waals surface area (Å²) in [5.41, 5.74) is 2.53. The van der Waals surface area contributed by atoms with Crippen molar-refractivity contribution in [3.8, 4) is 0 Å². The van der Waals surface area contributed by atoms with Crippen LogP contribution in [0, 0.1) is 6.92 Å². The Morgan fingerprint density at radius 1 is 1.12 bits per heavy atom. The minimum atomic E-state index is -0.0628. The number of urea groups is 1. The topological polar surface area (TPSA) is 35.6 Å². The summed E-state index contributed by atoms with van der Waals surface area (Å²) in [6, 6.07) is 9.31. The van der Waals surface area contributed by atoms with Gasteiger partial charge in [-0.15, -0.1) is 0 Å². The van der Waals surface area contributed by atoms with Crippen LogP contribution < -0.4 is 5.32 Å². The molecule has 1 saturated carbocycles. The molecule has 1 saturated heterocycles. The monoisotopic (exact) mass is 343 g/mol. The van der Waals surface area contributed by atoms with Crippen LogP contribution in [0.5, 0.6) is 0 Å². The molecule has 1 aliphatic carbocycles. The van der Waals surface area contributed by atoms with Gasteiger partial charge in [-0.1, -0.05) is 51.0 Å². The number of hydrogen-bond acceptors (Lipinski definition) is 2. The van der Waals surface area contributed by atoms with E-state index in [1.165, 1.54) is 36.8 Å². The molecule has 3 rings (SSSR count). The third kappa shape index (κ3) is 4.35. The number of carbonyl (C=O) groups is 1. The highest BCUT2D eigenvalue weighted by molar-refractivity contribution is 5.74. The van der Waals surface area contributed by atoms with E-state index in [9.17, 15) is 4.79 Å². The predicted octanol–water partition coefficient (Wildman–Crippen LogP) is 3.54. The van der Waals surface area contributed by atoms with Crippen molar-refractivity contribution in [3.05, 3.63) is 35.4 Å². The quantitative estimate of drug-likeness (QED) is 0.907. The zero-order valence-corrected chi connectivity index (χ0v) is 16.1. The van der Waals surface area contributed by atoms with Gasteiger partial charge in [-0.3, -0.25) is 4.90 Å². The van der Waals surface area contributed by atoms with Gasteiger partial charge in [0.25, 0.3) is 0 Å². The number of hydrogen-bond donors (Lipinski definition) is 1. The summed E-state index contributed by atoms with van der Waals surface area (Å²) in [4.78, 5) is 17.2. The highest BCUT2D eigenvalue weighted by atomic mass is 16.2. The maximum atomic E-state index is 12.6. The molecule has 0 aromatic heterocycles. The van der Waals surface area contributed by atoms with Crippen LogP contribution in [0.1, 0.15) is 50.7 Å². The summed E-state index contributed by atoms with van der Waals surface area (Å²) >= 11 is 0. The summed E-state index contributed by atoms with van der Waals surface area (Å²) in [7, 11) is 0. The van der Waals surface area contributed by atoms with E-state index in [-0.39, 0.29) is 11.4 Å². The molecule has 2 fully saturated rings. The molecule has 25 heavy (non-hydrogen) atoms. The predicted molar refractivity (Wildman–Crippen MR) is 103 cm³/mol. The lowest BCUT2D eigenvalue weighted by Crippen LogP contribution is -2.54. The van der Waals surface area contributed by atoms with Crippen molar-refractivity contribution in [1.82, 2.24) is 15.1 Å². The third-order valence-corrected chi connectivity index (χ3v) is 6.00. The van der Waals surface area contributed by atoms with Crippen LogP contribution in [0.15, 0.2) is 24.3 Å². The van der Waals surface area contributed by atoms with Gasteiger partial charge in [0.15, 0.2) is 0 Å². The molecular weight excluding hydrogens is 310 g/mol. The minimum Gasteiger partial charge on any atom is -0.337 e. The van der Waals surface area contributed by atoms with Gasteiger partial charge in [0.1, 0.15) is 0 Å². The van der Waals surface area contributed by atoms with Crippen molar-refractivity contribution in [1.29, 1.82) is 0 Å². The van der Waals surface area contributed by atoms with Gasteiger partial charge < -0.3 is 10.2 Å². The summed E-state index contributed by atoms with van der Waals surface area (Å²) < 4.78 is 0. The van der Waals surface area contributed by atoms with E-state index in [1.807, 2.05) is 4.90 Å². The number of aryl methyl sites for hydroxylation is 1. The van der Waals surface area contributed by atoms with Crippen molar-refractivity contribution in [3.63, 3.8) is 0 Å². The molecule has 1 N–H and O–H groups in total. The first kappa shape index (κ1) is 18.2. The number of nitrogens with one attached hydrogen (secondary N) is 1. The maximum Gasteiger partial charge on any atom is 0.317 e. The van der Waals surface area contributed by atoms with Gasteiger partial charge in [-0.05, 0) is 30.9 Å². The van der Waals surface area contributed by atoms with Gasteiger partial charge in [-0.25, -0.2) is 4.79 Å². The Morgan fingerprint density at radius 3 is 2.40 bits per heavy atom. The fourth-order valence-corrected chi connectivity index (χ4v) is 4.40. The molecule has 2 amide bonds. The van der Waals surface area contributed by atoms with E-state index in [0.29, 0.717) is 6.54 Å². The first-order chi connectivity index (χ1) is 12.0. The zero-order chi connectivity index (χ0) is 17.9. The van der Waals surface area contributed by atoms with E-state index < -0.39 is 0 Å². The Kier molecular flexibility index (Phi) is 5.67. The summed E-state index contributed by atoms with van der Waals surface area (Å²) in [6.45, 7) is 11.0. The number of benzene rings is 1.